The molecule has 156 valence electrons. The number of likely N-dealkylation sites (tertiary alicyclic amines) is 1. The maximum Gasteiger partial charge on any atom is 0.408 e. The molecule has 0 saturated carbocycles. The average molecular weight is 403 g/mol. The van der Waals surface area contributed by atoms with Crippen molar-refractivity contribution < 1.29 is 28.6 Å². The number of ether oxygens (including phenoxy) is 3. The van der Waals surface area contributed by atoms with Gasteiger partial charge in [-0.05, 0) is 45.4 Å². The molecular weight excluding hydrogens is 378 g/mol. The Labute approximate surface area is 169 Å². The molecule has 1 aromatic rings. The summed E-state index contributed by atoms with van der Waals surface area (Å²) in [6.07, 6.45) is -0.208. The molecule has 1 saturated heterocycles. The Bertz CT molecular complexity index is 824. The highest BCUT2D eigenvalue weighted by molar-refractivity contribution is 5.87. The van der Waals surface area contributed by atoms with Crippen LogP contribution >= 0.6 is 0 Å². The fraction of sp³-hybridized carbons (Fsp3) is 0.500. The molecule has 0 aliphatic carbocycles. The van der Waals surface area contributed by atoms with Gasteiger partial charge in [0.1, 0.15) is 17.4 Å². The van der Waals surface area contributed by atoms with Gasteiger partial charge in [0.05, 0.1) is 18.7 Å². The lowest BCUT2D eigenvalue weighted by atomic mass is 10.1. The van der Waals surface area contributed by atoms with Crippen molar-refractivity contribution in [3.63, 3.8) is 0 Å². The zero-order chi connectivity index (χ0) is 21.6. The summed E-state index contributed by atoms with van der Waals surface area (Å²) in [4.78, 5) is 37.5. The number of carbonyl (C=O) groups excluding carboxylic acids is 3. The number of rotatable bonds is 6. The fourth-order valence-corrected chi connectivity index (χ4v) is 2.79. The Morgan fingerprint density at radius 3 is 2.69 bits per heavy atom. The first kappa shape index (κ1) is 22.0. The Hall–Kier alpha value is -3.28. The minimum Gasteiger partial charge on any atom is -0.482 e. The van der Waals surface area contributed by atoms with E-state index in [4.69, 9.17) is 14.7 Å². The third-order valence-corrected chi connectivity index (χ3v) is 4.11. The van der Waals surface area contributed by atoms with Crippen LogP contribution in [0.1, 0.15) is 38.3 Å². The number of nitriles is 1. The van der Waals surface area contributed by atoms with Crippen LogP contribution in [0.2, 0.25) is 0 Å². The van der Waals surface area contributed by atoms with Crippen LogP contribution in [0.25, 0.3) is 0 Å². The Balaban J connectivity index is 2.07. The highest BCUT2D eigenvalue weighted by atomic mass is 16.6. The molecule has 1 aromatic carbocycles. The van der Waals surface area contributed by atoms with Crippen LogP contribution < -0.4 is 10.1 Å². The number of nitrogens with one attached hydrogen (secondary N) is 1. The smallest absolute Gasteiger partial charge is 0.408 e. The molecule has 0 spiro atoms. The first-order valence-corrected chi connectivity index (χ1v) is 9.14. The lowest BCUT2D eigenvalue weighted by molar-refractivity contribution is -0.143. The molecular formula is C20H25N3O6. The number of nitrogens with zero attached hydrogens (tertiary/aromatic N) is 2. The van der Waals surface area contributed by atoms with Crippen LogP contribution in [-0.2, 0) is 25.6 Å². The van der Waals surface area contributed by atoms with E-state index in [-0.39, 0.29) is 19.1 Å². The third-order valence-electron chi connectivity index (χ3n) is 4.11. The van der Waals surface area contributed by atoms with Gasteiger partial charge in [-0.2, -0.15) is 5.26 Å². The average Bonchev–Trinajstić information content (AvgIpc) is 2.98. The van der Waals surface area contributed by atoms with Gasteiger partial charge in [0.25, 0.3) is 0 Å². The number of hydrogen-bond donors (Lipinski definition) is 1. The van der Waals surface area contributed by atoms with Crippen LogP contribution in [0.5, 0.6) is 5.75 Å². The van der Waals surface area contributed by atoms with Crippen molar-refractivity contribution >= 4 is 18.0 Å². The molecule has 0 aromatic heterocycles. The monoisotopic (exact) mass is 403 g/mol. The second-order valence-corrected chi connectivity index (χ2v) is 7.55. The van der Waals surface area contributed by atoms with Crippen LogP contribution in [0.15, 0.2) is 18.2 Å². The van der Waals surface area contributed by atoms with Crippen molar-refractivity contribution in [1.29, 1.82) is 5.26 Å². The summed E-state index contributed by atoms with van der Waals surface area (Å²) in [5, 5.41) is 11.7. The minimum atomic E-state index is -0.677. The Morgan fingerprint density at radius 2 is 2.07 bits per heavy atom. The molecule has 0 bridgehead atoms. The zero-order valence-electron chi connectivity index (χ0n) is 17.0. The molecule has 29 heavy (non-hydrogen) atoms. The van der Waals surface area contributed by atoms with Crippen molar-refractivity contribution in [2.24, 2.45) is 0 Å². The number of hydrogen-bond acceptors (Lipinski definition) is 7. The SMILES string of the molecule is COC(=O)COc1ccc(C#N)cc1CN1CC[C@H](NC(=O)OC(C)(C)C)C1=O. The summed E-state index contributed by atoms with van der Waals surface area (Å²) in [7, 11) is 1.26. The van der Waals surface area contributed by atoms with Crippen molar-refractivity contribution in [2.75, 3.05) is 20.3 Å². The molecule has 1 aliphatic rings. The largest absolute Gasteiger partial charge is 0.482 e. The van der Waals surface area contributed by atoms with Gasteiger partial charge < -0.3 is 24.4 Å². The van der Waals surface area contributed by atoms with Gasteiger partial charge >= 0.3 is 12.1 Å². The van der Waals surface area contributed by atoms with Gasteiger partial charge in [0.2, 0.25) is 5.91 Å². The predicted octanol–water partition coefficient (Wildman–Crippen LogP) is 1.74. The fourth-order valence-electron chi connectivity index (χ4n) is 2.79. The predicted molar refractivity (Wildman–Crippen MR) is 102 cm³/mol. The normalized spacial score (nSPS) is 16.2. The van der Waals surface area contributed by atoms with Gasteiger partial charge in [0, 0.05) is 18.7 Å². The maximum absolute atomic E-state index is 12.7. The molecule has 0 unspecified atom stereocenters. The number of amides is 2. The van der Waals surface area contributed by atoms with Crippen LogP contribution in [-0.4, -0.2) is 54.8 Å². The van der Waals surface area contributed by atoms with E-state index < -0.39 is 23.7 Å². The zero-order valence-corrected chi connectivity index (χ0v) is 17.0. The van der Waals surface area contributed by atoms with E-state index in [9.17, 15) is 14.4 Å². The van der Waals surface area contributed by atoms with Crippen LogP contribution in [0.4, 0.5) is 4.79 Å². The summed E-state index contributed by atoms with van der Waals surface area (Å²) >= 11 is 0. The van der Waals surface area contributed by atoms with E-state index in [1.807, 2.05) is 6.07 Å². The van der Waals surface area contributed by atoms with Gasteiger partial charge in [-0.3, -0.25) is 4.79 Å². The van der Waals surface area contributed by atoms with E-state index >= 15 is 0 Å². The second kappa shape index (κ2) is 9.28. The topological polar surface area (TPSA) is 118 Å². The van der Waals surface area contributed by atoms with E-state index in [2.05, 4.69) is 10.1 Å². The molecule has 0 radical (unpaired) electrons. The van der Waals surface area contributed by atoms with Gasteiger partial charge in [-0.25, -0.2) is 9.59 Å². The van der Waals surface area contributed by atoms with Crippen molar-refractivity contribution in [2.45, 2.75) is 45.4 Å². The molecule has 2 amide bonds. The summed E-state index contributed by atoms with van der Waals surface area (Å²) in [6.45, 7) is 5.55. The summed E-state index contributed by atoms with van der Waals surface area (Å²) in [6, 6.07) is 6.11. The number of esters is 1. The summed E-state index contributed by atoms with van der Waals surface area (Å²) in [5.41, 5.74) is 0.328. The third kappa shape index (κ3) is 6.38. The number of benzene rings is 1. The van der Waals surface area contributed by atoms with E-state index in [1.54, 1.807) is 43.9 Å². The van der Waals surface area contributed by atoms with Gasteiger partial charge in [-0.15, -0.1) is 0 Å². The number of methoxy groups -OCH3 is 1. The molecule has 1 aliphatic heterocycles. The number of alkyl carbamates (subject to hydrolysis) is 1. The summed E-state index contributed by atoms with van der Waals surface area (Å²) < 4.78 is 15.2. The van der Waals surface area contributed by atoms with Crippen molar-refractivity contribution in [3.05, 3.63) is 29.3 Å². The van der Waals surface area contributed by atoms with Crippen molar-refractivity contribution in [3.8, 4) is 11.8 Å². The van der Waals surface area contributed by atoms with Crippen LogP contribution in [0.3, 0.4) is 0 Å². The number of carbonyl (C=O) groups is 3. The lowest BCUT2D eigenvalue weighted by Crippen LogP contribution is -2.43. The highest BCUT2D eigenvalue weighted by Gasteiger charge is 2.34. The van der Waals surface area contributed by atoms with Gasteiger partial charge in [-0.1, -0.05) is 0 Å². The first-order chi connectivity index (χ1) is 13.6. The quantitative estimate of drug-likeness (QED) is 0.719. The molecule has 1 N–H and O–H groups in total. The Kier molecular flexibility index (Phi) is 7.04. The molecule has 9 nitrogen and oxygen atoms in total. The Morgan fingerprint density at radius 1 is 1.34 bits per heavy atom. The van der Waals surface area contributed by atoms with Crippen molar-refractivity contribution in [1.82, 2.24) is 10.2 Å². The first-order valence-electron chi connectivity index (χ1n) is 9.14. The second-order valence-electron chi connectivity index (χ2n) is 7.55. The maximum atomic E-state index is 12.7. The van der Waals surface area contributed by atoms with E-state index in [0.717, 1.165) is 0 Å². The molecule has 1 heterocycles. The van der Waals surface area contributed by atoms with Gasteiger partial charge in [0.15, 0.2) is 6.61 Å². The standard InChI is InChI=1S/C20H25N3O6/c1-20(2,3)29-19(26)22-15-7-8-23(18(15)25)11-14-9-13(10-21)5-6-16(14)28-12-17(24)27-4/h5-6,9,15H,7-8,11-12H2,1-4H3,(H,22,26)/t15-/m0/s1. The highest BCUT2D eigenvalue weighted by Crippen LogP contribution is 2.24. The molecule has 1 atom stereocenters. The van der Waals surface area contributed by atoms with Crippen LogP contribution in [0, 0.1) is 11.3 Å². The molecule has 1 fully saturated rings. The molecule has 2 rings (SSSR count). The molecule has 9 heteroatoms. The summed E-state index contributed by atoms with van der Waals surface area (Å²) in [5.74, 6) is -0.415. The lowest BCUT2D eigenvalue weighted by Gasteiger charge is -2.22. The van der Waals surface area contributed by atoms with E-state index in [0.29, 0.717) is 29.8 Å². The van der Waals surface area contributed by atoms with E-state index in [1.165, 1.54) is 7.11 Å². The minimum absolute atomic E-state index is 0.178.